The Balaban J connectivity index is 2.62. The van der Waals surface area contributed by atoms with Gasteiger partial charge >= 0.3 is 0 Å². The molecule has 1 aromatic carbocycles. The Kier molecular flexibility index (Phi) is 3.97. The van der Waals surface area contributed by atoms with Gasteiger partial charge in [-0.3, -0.25) is 0 Å². The maximum absolute atomic E-state index is 12.5. The molecule has 0 spiro atoms. The molecule has 0 saturated carbocycles. The molecule has 0 fully saturated rings. The number of hydrogen-bond donors (Lipinski definition) is 1. The number of fused-ring (bicyclic) bond motifs is 1. The van der Waals surface area contributed by atoms with Gasteiger partial charge < -0.3 is 0 Å². The van der Waals surface area contributed by atoms with Crippen LogP contribution in [0.5, 0.6) is 0 Å². The van der Waals surface area contributed by atoms with Gasteiger partial charge in [0.1, 0.15) is 0 Å². The van der Waals surface area contributed by atoms with E-state index in [0.29, 0.717) is 24.0 Å². The first-order valence-electron chi connectivity index (χ1n) is 6.83. The Morgan fingerprint density at radius 2 is 1.81 bits per heavy atom. The van der Waals surface area contributed by atoms with Gasteiger partial charge in [-0.1, -0.05) is 6.07 Å². The average Bonchev–Trinajstić information content (AvgIpc) is 2.23. The molecule has 0 atom stereocenters. The average molecular weight is 331 g/mol. The van der Waals surface area contributed by atoms with Crippen LogP contribution in [0.3, 0.4) is 0 Å². The zero-order valence-electron chi connectivity index (χ0n) is 12.7. The molecule has 21 heavy (non-hydrogen) atoms. The highest BCUT2D eigenvalue weighted by Crippen LogP contribution is 2.30. The lowest BCUT2D eigenvalue weighted by Crippen LogP contribution is -2.40. The van der Waals surface area contributed by atoms with Crippen molar-refractivity contribution in [3.05, 3.63) is 23.3 Å². The van der Waals surface area contributed by atoms with Crippen molar-refractivity contribution in [3.63, 3.8) is 0 Å². The van der Waals surface area contributed by atoms with Crippen LogP contribution >= 0.6 is 0 Å². The van der Waals surface area contributed by atoms with E-state index < -0.39 is 25.4 Å². The third-order valence-corrected chi connectivity index (χ3v) is 7.06. The van der Waals surface area contributed by atoms with E-state index in [4.69, 9.17) is 0 Å². The summed E-state index contributed by atoms with van der Waals surface area (Å²) in [4.78, 5) is 0.204. The van der Waals surface area contributed by atoms with Crippen molar-refractivity contribution < 1.29 is 16.8 Å². The standard InChI is InChI=1S/C14H21NO4S2/c1-10-8-11-6-5-7-20(16,17)13(11)9-12(10)21(18,19)15-14(2,3)4/h8-9,15H,5-7H2,1-4H3. The number of rotatable bonds is 2. The maximum Gasteiger partial charge on any atom is 0.241 e. The van der Waals surface area contributed by atoms with E-state index in [1.165, 1.54) is 6.07 Å². The van der Waals surface area contributed by atoms with Gasteiger partial charge in [-0.15, -0.1) is 0 Å². The smallest absolute Gasteiger partial charge is 0.224 e. The van der Waals surface area contributed by atoms with Gasteiger partial charge in [-0.25, -0.2) is 21.6 Å². The second-order valence-corrected chi connectivity index (χ2v) is 10.2. The molecule has 5 nitrogen and oxygen atoms in total. The summed E-state index contributed by atoms with van der Waals surface area (Å²) < 4.78 is 51.8. The lowest BCUT2D eigenvalue weighted by Gasteiger charge is -2.23. The van der Waals surface area contributed by atoms with Gasteiger partial charge in [-0.05, 0) is 57.7 Å². The van der Waals surface area contributed by atoms with Crippen molar-refractivity contribution in [2.24, 2.45) is 0 Å². The third kappa shape index (κ3) is 3.46. The summed E-state index contributed by atoms with van der Waals surface area (Å²) in [7, 11) is -7.12. The van der Waals surface area contributed by atoms with Crippen LogP contribution in [0.4, 0.5) is 0 Å². The Hall–Kier alpha value is -0.920. The van der Waals surface area contributed by atoms with Gasteiger partial charge in [-0.2, -0.15) is 0 Å². The fraction of sp³-hybridized carbons (Fsp3) is 0.571. The van der Waals surface area contributed by atoms with Crippen LogP contribution in [-0.2, 0) is 26.3 Å². The third-order valence-electron chi connectivity index (χ3n) is 3.28. The van der Waals surface area contributed by atoms with Crippen LogP contribution < -0.4 is 4.72 Å². The maximum atomic E-state index is 12.5. The van der Waals surface area contributed by atoms with Gasteiger partial charge in [0, 0.05) is 5.54 Å². The van der Waals surface area contributed by atoms with Crippen LogP contribution in [-0.4, -0.2) is 28.1 Å². The van der Waals surface area contributed by atoms with Crippen molar-refractivity contribution in [2.45, 2.75) is 55.9 Å². The summed E-state index contributed by atoms with van der Waals surface area (Å²) in [5, 5.41) is 0. The van der Waals surface area contributed by atoms with Gasteiger partial charge in [0.25, 0.3) is 0 Å². The number of hydrogen-bond acceptors (Lipinski definition) is 4. The number of aryl methyl sites for hydroxylation is 2. The van der Waals surface area contributed by atoms with Crippen molar-refractivity contribution in [1.29, 1.82) is 0 Å². The van der Waals surface area contributed by atoms with E-state index in [9.17, 15) is 16.8 Å². The highest BCUT2D eigenvalue weighted by molar-refractivity contribution is 7.91. The monoisotopic (exact) mass is 331 g/mol. The Labute approximate surface area is 126 Å². The minimum absolute atomic E-state index is 0.0432. The predicted molar refractivity (Wildman–Crippen MR) is 81.6 cm³/mol. The van der Waals surface area contributed by atoms with E-state index in [0.717, 1.165) is 0 Å². The molecule has 1 N–H and O–H groups in total. The molecule has 0 radical (unpaired) electrons. The second-order valence-electron chi connectivity index (χ2n) is 6.50. The molecule has 1 aliphatic rings. The zero-order valence-corrected chi connectivity index (χ0v) is 14.4. The van der Waals surface area contributed by atoms with E-state index in [-0.39, 0.29) is 15.5 Å². The fourth-order valence-electron chi connectivity index (χ4n) is 2.52. The summed E-state index contributed by atoms with van der Waals surface area (Å²) in [6, 6.07) is 3.00. The first kappa shape index (κ1) is 16.5. The minimum atomic E-state index is -3.75. The summed E-state index contributed by atoms with van der Waals surface area (Å²) in [5.41, 5.74) is 0.663. The van der Waals surface area contributed by atoms with Crippen molar-refractivity contribution in [3.8, 4) is 0 Å². The molecule has 1 aromatic rings. The Bertz CT molecular complexity index is 772. The van der Waals surface area contributed by atoms with Crippen molar-refractivity contribution in [1.82, 2.24) is 4.72 Å². The van der Waals surface area contributed by atoms with Crippen LogP contribution in [0, 0.1) is 6.92 Å². The summed E-state index contributed by atoms with van der Waals surface area (Å²) in [6.07, 6.45) is 1.25. The van der Waals surface area contributed by atoms with Crippen LogP contribution in [0.25, 0.3) is 0 Å². The number of nitrogens with one attached hydrogen (secondary N) is 1. The number of benzene rings is 1. The SMILES string of the molecule is Cc1cc2c(cc1S(=O)(=O)NC(C)(C)C)S(=O)(=O)CCC2. The second kappa shape index (κ2) is 5.07. The highest BCUT2D eigenvalue weighted by Gasteiger charge is 2.29. The molecule has 0 aromatic heterocycles. The molecule has 2 rings (SSSR count). The quantitative estimate of drug-likeness (QED) is 0.896. The normalized spacial score (nSPS) is 18.3. The lowest BCUT2D eigenvalue weighted by molar-refractivity contribution is 0.491. The van der Waals surface area contributed by atoms with Crippen LogP contribution in [0.2, 0.25) is 0 Å². The van der Waals surface area contributed by atoms with Gasteiger partial charge in [0.2, 0.25) is 10.0 Å². The van der Waals surface area contributed by atoms with E-state index in [1.54, 1.807) is 33.8 Å². The molecule has 1 aliphatic heterocycles. The molecule has 0 amide bonds. The molecule has 0 unspecified atom stereocenters. The highest BCUT2D eigenvalue weighted by atomic mass is 32.2. The zero-order chi connectivity index (χ0) is 16.1. The van der Waals surface area contributed by atoms with Crippen LogP contribution in [0.15, 0.2) is 21.9 Å². The van der Waals surface area contributed by atoms with Gasteiger partial charge in [0.05, 0.1) is 15.5 Å². The molecular weight excluding hydrogens is 310 g/mol. The lowest BCUT2D eigenvalue weighted by atomic mass is 10.1. The summed E-state index contributed by atoms with van der Waals surface area (Å²) >= 11 is 0. The fourth-order valence-corrected chi connectivity index (χ4v) is 5.87. The topological polar surface area (TPSA) is 80.3 Å². The van der Waals surface area contributed by atoms with E-state index >= 15 is 0 Å². The molecule has 0 aliphatic carbocycles. The largest absolute Gasteiger partial charge is 0.241 e. The minimum Gasteiger partial charge on any atom is -0.224 e. The molecular formula is C14H21NO4S2. The molecule has 1 heterocycles. The van der Waals surface area contributed by atoms with E-state index in [2.05, 4.69) is 4.72 Å². The molecule has 118 valence electrons. The van der Waals surface area contributed by atoms with Gasteiger partial charge in [0.15, 0.2) is 9.84 Å². The van der Waals surface area contributed by atoms with Crippen LogP contribution in [0.1, 0.15) is 38.3 Å². The number of sulfonamides is 1. The first-order valence-corrected chi connectivity index (χ1v) is 9.96. The van der Waals surface area contributed by atoms with Crippen molar-refractivity contribution >= 4 is 19.9 Å². The first-order chi connectivity index (χ1) is 9.42. The summed E-state index contributed by atoms with van der Waals surface area (Å²) in [6.45, 7) is 6.93. The Morgan fingerprint density at radius 1 is 1.19 bits per heavy atom. The summed E-state index contributed by atoms with van der Waals surface area (Å²) in [5.74, 6) is 0.0786. The Morgan fingerprint density at radius 3 is 2.38 bits per heavy atom. The predicted octanol–water partition coefficient (Wildman–Crippen LogP) is 1.79. The molecule has 0 bridgehead atoms. The van der Waals surface area contributed by atoms with Crippen molar-refractivity contribution in [2.75, 3.05) is 5.75 Å². The number of sulfone groups is 1. The van der Waals surface area contributed by atoms with E-state index in [1.807, 2.05) is 0 Å². The molecule has 7 heteroatoms. The molecule has 0 saturated heterocycles.